The van der Waals surface area contributed by atoms with E-state index in [1.807, 2.05) is 0 Å². The molecule has 1 aromatic carbocycles. The van der Waals surface area contributed by atoms with Crippen molar-refractivity contribution in [2.24, 2.45) is 5.10 Å². The van der Waals surface area contributed by atoms with Crippen LogP contribution >= 0.6 is 0 Å². The number of amides is 1. The van der Waals surface area contributed by atoms with E-state index in [-0.39, 0.29) is 18.3 Å². The summed E-state index contributed by atoms with van der Waals surface area (Å²) in [6.45, 7) is 0.253. The smallest absolute Gasteiger partial charge is 0.285 e. The number of ether oxygens (including phenoxy) is 1. The van der Waals surface area contributed by atoms with E-state index in [4.69, 9.17) is 9.15 Å². The fourth-order valence-electron chi connectivity index (χ4n) is 1.94. The van der Waals surface area contributed by atoms with Gasteiger partial charge in [-0.05, 0) is 35.9 Å². The zero-order chi connectivity index (χ0) is 17.5. The second-order valence-corrected chi connectivity index (χ2v) is 5.01. The van der Waals surface area contributed by atoms with Gasteiger partial charge < -0.3 is 9.15 Å². The third-order valence-corrected chi connectivity index (χ3v) is 3.20. The Morgan fingerprint density at radius 2 is 1.92 bits per heavy atom. The summed E-state index contributed by atoms with van der Waals surface area (Å²) in [5.41, 5.74) is 3.66. The van der Waals surface area contributed by atoms with Gasteiger partial charge in [0.25, 0.3) is 11.9 Å². The molecule has 126 valence electrons. The van der Waals surface area contributed by atoms with Crippen LogP contribution < -0.4 is 10.2 Å². The van der Waals surface area contributed by atoms with Crippen LogP contribution in [0.2, 0.25) is 0 Å². The number of carbonyl (C=O) groups excluding carboxylic acids is 1. The number of nitrogens with one attached hydrogen (secondary N) is 1. The number of pyridine rings is 1. The molecule has 2 aromatic heterocycles. The molecule has 1 N–H and O–H groups in total. The summed E-state index contributed by atoms with van der Waals surface area (Å²) in [4.78, 5) is 15.6. The average Bonchev–Trinajstić information content (AvgIpc) is 3.10. The van der Waals surface area contributed by atoms with Crippen molar-refractivity contribution < 1.29 is 18.3 Å². The minimum atomic E-state index is -0.349. The fraction of sp³-hybridized carbons (Fsp3) is 0.0556. The Labute approximate surface area is 143 Å². The van der Waals surface area contributed by atoms with Gasteiger partial charge >= 0.3 is 0 Å². The summed E-state index contributed by atoms with van der Waals surface area (Å²) in [7, 11) is 0. The molecule has 7 heteroatoms. The number of halogens is 1. The first-order valence-corrected chi connectivity index (χ1v) is 7.41. The van der Waals surface area contributed by atoms with Crippen molar-refractivity contribution >= 4 is 12.1 Å². The second-order valence-electron chi connectivity index (χ2n) is 5.01. The van der Waals surface area contributed by atoms with Crippen molar-refractivity contribution in [2.45, 2.75) is 6.61 Å². The van der Waals surface area contributed by atoms with Crippen LogP contribution in [0.15, 0.2) is 70.4 Å². The molecule has 0 radical (unpaired) electrons. The van der Waals surface area contributed by atoms with Crippen molar-refractivity contribution in [1.29, 1.82) is 0 Å². The lowest BCUT2D eigenvalue weighted by Gasteiger charge is -2.02. The van der Waals surface area contributed by atoms with Gasteiger partial charge in [-0.3, -0.25) is 9.78 Å². The predicted octanol–water partition coefficient (Wildman–Crippen LogP) is 3.16. The van der Waals surface area contributed by atoms with Crippen LogP contribution in [-0.2, 0) is 6.61 Å². The van der Waals surface area contributed by atoms with Crippen LogP contribution in [0.1, 0.15) is 21.7 Å². The third-order valence-electron chi connectivity index (χ3n) is 3.20. The monoisotopic (exact) mass is 339 g/mol. The third kappa shape index (κ3) is 4.74. The van der Waals surface area contributed by atoms with E-state index >= 15 is 0 Å². The zero-order valence-corrected chi connectivity index (χ0v) is 13.1. The Bertz CT molecular complexity index is 861. The van der Waals surface area contributed by atoms with Crippen LogP contribution in [0.25, 0.3) is 0 Å². The van der Waals surface area contributed by atoms with Crippen molar-refractivity contribution in [3.05, 3.63) is 83.6 Å². The van der Waals surface area contributed by atoms with Gasteiger partial charge in [0, 0.05) is 24.0 Å². The molecule has 0 saturated carbocycles. The van der Waals surface area contributed by atoms with Crippen LogP contribution in [0, 0.1) is 5.82 Å². The summed E-state index contributed by atoms with van der Waals surface area (Å²) < 4.78 is 23.7. The van der Waals surface area contributed by atoms with Crippen molar-refractivity contribution in [3.8, 4) is 5.95 Å². The fourth-order valence-corrected chi connectivity index (χ4v) is 1.94. The molecular weight excluding hydrogens is 325 g/mol. The maximum absolute atomic E-state index is 12.8. The minimum absolute atomic E-state index is 0.253. The molecule has 3 rings (SSSR count). The zero-order valence-electron chi connectivity index (χ0n) is 13.1. The highest BCUT2D eigenvalue weighted by Crippen LogP contribution is 2.16. The number of aromatic nitrogens is 1. The van der Waals surface area contributed by atoms with Gasteiger partial charge in [0.2, 0.25) is 0 Å². The van der Waals surface area contributed by atoms with E-state index in [1.165, 1.54) is 30.7 Å². The lowest BCUT2D eigenvalue weighted by Crippen LogP contribution is -2.17. The predicted molar refractivity (Wildman–Crippen MR) is 88.7 cm³/mol. The number of hydrazone groups is 1. The van der Waals surface area contributed by atoms with Gasteiger partial charge in [0.05, 0.1) is 6.21 Å². The lowest BCUT2D eigenvalue weighted by molar-refractivity contribution is 0.0955. The molecule has 25 heavy (non-hydrogen) atoms. The van der Waals surface area contributed by atoms with Crippen molar-refractivity contribution in [2.75, 3.05) is 0 Å². The first-order chi connectivity index (χ1) is 12.2. The van der Waals surface area contributed by atoms with Gasteiger partial charge in [-0.1, -0.05) is 12.1 Å². The number of nitrogens with zero attached hydrogens (tertiary/aromatic N) is 2. The Hall–Kier alpha value is -3.48. The number of hydrogen-bond acceptors (Lipinski definition) is 5. The van der Waals surface area contributed by atoms with Gasteiger partial charge in [-0.25, -0.2) is 9.82 Å². The molecule has 0 unspecified atom stereocenters. The quantitative estimate of drug-likeness (QED) is 0.553. The normalized spacial score (nSPS) is 10.8. The van der Waals surface area contributed by atoms with Crippen LogP contribution in [0.4, 0.5) is 4.39 Å². The van der Waals surface area contributed by atoms with Crippen LogP contribution in [-0.4, -0.2) is 17.1 Å². The summed E-state index contributed by atoms with van der Waals surface area (Å²) in [5, 5.41) is 3.82. The summed E-state index contributed by atoms with van der Waals surface area (Å²) in [5.74, 6) is 0.0717. The Morgan fingerprint density at radius 3 is 2.68 bits per heavy atom. The number of hydrogen-bond donors (Lipinski definition) is 1. The van der Waals surface area contributed by atoms with E-state index in [0.717, 1.165) is 5.56 Å². The molecular formula is C18H14FN3O3. The van der Waals surface area contributed by atoms with E-state index < -0.39 is 0 Å². The average molecular weight is 339 g/mol. The SMILES string of the molecule is O=C(N/N=C/c1ccc(OCc2ccc(F)cc2)o1)c1ccncc1. The van der Waals surface area contributed by atoms with E-state index in [0.29, 0.717) is 17.3 Å². The largest absolute Gasteiger partial charge is 0.460 e. The summed E-state index contributed by atoms with van der Waals surface area (Å²) in [6.07, 6.45) is 4.41. The molecule has 1 amide bonds. The number of carbonyl (C=O) groups is 1. The van der Waals surface area contributed by atoms with Crippen LogP contribution in [0.5, 0.6) is 5.95 Å². The van der Waals surface area contributed by atoms with Gasteiger partial charge in [0.15, 0.2) is 5.76 Å². The molecule has 0 fully saturated rings. The first kappa shape index (κ1) is 16.4. The molecule has 0 spiro atoms. The highest BCUT2D eigenvalue weighted by atomic mass is 19.1. The Morgan fingerprint density at radius 1 is 1.16 bits per heavy atom. The number of rotatable bonds is 6. The van der Waals surface area contributed by atoms with Crippen molar-refractivity contribution in [3.63, 3.8) is 0 Å². The highest BCUT2D eigenvalue weighted by Gasteiger charge is 2.04. The number of furan rings is 1. The Balaban J connectivity index is 1.51. The van der Waals surface area contributed by atoms with Gasteiger partial charge in [-0.15, -0.1) is 0 Å². The molecule has 2 heterocycles. The molecule has 0 bridgehead atoms. The number of benzene rings is 1. The molecule has 3 aromatic rings. The maximum Gasteiger partial charge on any atom is 0.285 e. The second kappa shape index (κ2) is 7.87. The van der Waals surface area contributed by atoms with E-state index in [2.05, 4.69) is 15.5 Å². The molecule has 0 aliphatic carbocycles. The molecule has 0 atom stereocenters. The highest BCUT2D eigenvalue weighted by molar-refractivity contribution is 5.94. The standard InChI is InChI=1S/C18H14FN3O3/c19-15-3-1-13(2-4-15)12-24-17-6-5-16(25-17)11-21-22-18(23)14-7-9-20-10-8-14/h1-11H,12H2,(H,22,23)/b21-11+. The van der Waals surface area contributed by atoms with E-state index in [1.54, 1.807) is 36.4 Å². The van der Waals surface area contributed by atoms with Crippen molar-refractivity contribution in [1.82, 2.24) is 10.4 Å². The summed E-state index contributed by atoms with van der Waals surface area (Å²) in [6, 6.07) is 12.5. The molecule has 0 aliphatic rings. The topological polar surface area (TPSA) is 76.7 Å². The van der Waals surface area contributed by atoms with E-state index in [9.17, 15) is 9.18 Å². The lowest BCUT2D eigenvalue weighted by atomic mass is 10.2. The molecule has 0 aliphatic heterocycles. The Kier molecular flexibility index (Phi) is 5.16. The van der Waals surface area contributed by atoms with Gasteiger partial charge in [-0.2, -0.15) is 5.10 Å². The van der Waals surface area contributed by atoms with Crippen LogP contribution in [0.3, 0.4) is 0 Å². The van der Waals surface area contributed by atoms with Gasteiger partial charge in [0.1, 0.15) is 12.4 Å². The first-order valence-electron chi connectivity index (χ1n) is 7.41. The minimum Gasteiger partial charge on any atom is -0.460 e. The maximum atomic E-state index is 12.8. The molecule has 0 saturated heterocycles. The summed E-state index contributed by atoms with van der Waals surface area (Å²) >= 11 is 0. The molecule has 6 nitrogen and oxygen atoms in total.